The first-order chi connectivity index (χ1) is 9.20. The van der Waals surface area contributed by atoms with Crippen LogP contribution in [0.25, 0.3) is 0 Å². The fraction of sp³-hybridized carbons (Fsp3) is 0.571. The summed E-state index contributed by atoms with van der Waals surface area (Å²) in [5, 5.41) is 8.84. The van der Waals surface area contributed by atoms with Crippen molar-refractivity contribution < 1.29 is 9.90 Å². The summed E-state index contributed by atoms with van der Waals surface area (Å²) < 4.78 is 0. The van der Waals surface area contributed by atoms with E-state index in [-0.39, 0.29) is 12.5 Å². The van der Waals surface area contributed by atoms with Gasteiger partial charge in [-0.05, 0) is 19.1 Å². The summed E-state index contributed by atoms with van der Waals surface area (Å²) in [4.78, 5) is 19.8. The van der Waals surface area contributed by atoms with Gasteiger partial charge in [-0.25, -0.2) is 0 Å². The van der Waals surface area contributed by atoms with E-state index in [9.17, 15) is 4.79 Å². The number of nitrogens with zero attached hydrogens (tertiary/aromatic N) is 3. The Hall–Kier alpha value is -1.46. The minimum absolute atomic E-state index is 0.0651. The van der Waals surface area contributed by atoms with E-state index in [2.05, 4.69) is 4.98 Å². The highest BCUT2D eigenvalue weighted by Crippen LogP contribution is 2.16. The minimum atomic E-state index is 0.0651. The van der Waals surface area contributed by atoms with Crippen molar-refractivity contribution in [1.29, 1.82) is 0 Å². The number of piperazine rings is 1. The number of anilines is 1. The maximum absolute atomic E-state index is 11.9. The molecule has 1 N–H and O–H groups in total. The Labute approximate surface area is 114 Å². The second-order valence-electron chi connectivity index (χ2n) is 4.20. The molecule has 19 heavy (non-hydrogen) atoms. The third kappa shape index (κ3) is 4.29. The zero-order valence-corrected chi connectivity index (χ0v) is 12.0. The van der Waals surface area contributed by atoms with Gasteiger partial charge in [0.15, 0.2) is 0 Å². The summed E-state index contributed by atoms with van der Waals surface area (Å²) in [6.07, 6.45) is 1.73. The third-order valence-electron chi connectivity index (χ3n) is 2.92. The lowest BCUT2D eigenvalue weighted by molar-refractivity contribution is -0.121. The van der Waals surface area contributed by atoms with E-state index >= 15 is 0 Å². The Morgan fingerprint density at radius 1 is 1.32 bits per heavy atom. The largest absolute Gasteiger partial charge is 0.395 e. The Bertz CT molecular complexity index is 392. The van der Waals surface area contributed by atoms with Crippen LogP contribution in [-0.2, 0) is 4.79 Å². The lowest BCUT2D eigenvalue weighted by Crippen LogP contribution is -2.51. The molecule has 0 atom stereocenters. The molecule has 5 heteroatoms. The van der Waals surface area contributed by atoms with Gasteiger partial charge >= 0.3 is 0 Å². The Morgan fingerprint density at radius 2 is 2.05 bits per heavy atom. The lowest BCUT2D eigenvalue weighted by atomic mass is 10.2. The number of rotatable bonds is 3. The first-order valence-electron chi connectivity index (χ1n) is 6.77. The van der Waals surface area contributed by atoms with Crippen molar-refractivity contribution in [2.45, 2.75) is 20.8 Å². The second kappa shape index (κ2) is 7.86. The normalized spacial score (nSPS) is 16.0. The van der Waals surface area contributed by atoms with Crippen LogP contribution in [0.4, 0.5) is 5.69 Å². The average molecular weight is 265 g/mol. The molecule has 1 aromatic rings. The van der Waals surface area contributed by atoms with Crippen LogP contribution in [0.15, 0.2) is 18.3 Å². The predicted octanol–water partition coefficient (Wildman–Crippen LogP) is 1.06. The van der Waals surface area contributed by atoms with Gasteiger partial charge in [0.1, 0.15) is 0 Å². The molecule has 0 spiro atoms. The first kappa shape index (κ1) is 15.6. The fourth-order valence-corrected chi connectivity index (χ4v) is 1.95. The van der Waals surface area contributed by atoms with E-state index in [4.69, 9.17) is 5.11 Å². The van der Waals surface area contributed by atoms with Crippen LogP contribution in [0.5, 0.6) is 0 Å². The van der Waals surface area contributed by atoms with Gasteiger partial charge in [0.2, 0.25) is 5.91 Å². The molecule has 0 aromatic carbocycles. The van der Waals surface area contributed by atoms with Crippen LogP contribution in [0.2, 0.25) is 0 Å². The van der Waals surface area contributed by atoms with Crippen molar-refractivity contribution in [3.63, 3.8) is 0 Å². The van der Waals surface area contributed by atoms with E-state index in [0.29, 0.717) is 19.6 Å². The maximum atomic E-state index is 11.9. The number of β-amino-alcohol motifs (C(OH)–C–C–N with tert-alkyl or cyclic N) is 1. The van der Waals surface area contributed by atoms with Crippen molar-refractivity contribution >= 4 is 11.6 Å². The monoisotopic (exact) mass is 265 g/mol. The summed E-state index contributed by atoms with van der Waals surface area (Å²) in [6, 6.07) is 3.82. The van der Waals surface area contributed by atoms with Crippen molar-refractivity contribution in [2.75, 3.05) is 37.7 Å². The number of amides is 1. The third-order valence-corrected chi connectivity index (χ3v) is 2.92. The van der Waals surface area contributed by atoms with Crippen molar-refractivity contribution in [3.05, 3.63) is 24.0 Å². The number of hydrogen-bond acceptors (Lipinski definition) is 4. The summed E-state index contributed by atoms with van der Waals surface area (Å²) >= 11 is 0. The Morgan fingerprint density at radius 3 is 2.58 bits per heavy atom. The van der Waals surface area contributed by atoms with Crippen LogP contribution >= 0.6 is 0 Å². The highest BCUT2D eigenvalue weighted by molar-refractivity contribution is 5.95. The SMILES string of the molecule is CC.Cc1ccc(N2CCN(CCO)CC2=O)cn1. The zero-order chi connectivity index (χ0) is 14.3. The maximum Gasteiger partial charge on any atom is 0.241 e. The second-order valence-corrected chi connectivity index (χ2v) is 4.20. The molecule has 1 saturated heterocycles. The molecule has 2 rings (SSSR count). The van der Waals surface area contributed by atoms with E-state index in [1.165, 1.54) is 0 Å². The van der Waals surface area contributed by atoms with Crippen LogP contribution in [0.3, 0.4) is 0 Å². The molecule has 106 valence electrons. The summed E-state index contributed by atoms with van der Waals surface area (Å²) in [5.74, 6) is 0.0651. The van der Waals surface area contributed by atoms with Crippen LogP contribution < -0.4 is 4.90 Å². The quantitative estimate of drug-likeness (QED) is 0.888. The van der Waals surface area contributed by atoms with Gasteiger partial charge in [0, 0.05) is 25.3 Å². The molecular formula is C14H23N3O2. The number of aryl methyl sites for hydroxylation is 1. The molecule has 0 radical (unpaired) electrons. The molecule has 0 bridgehead atoms. The van der Waals surface area contributed by atoms with Crippen molar-refractivity contribution in [1.82, 2.24) is 9.88 Å². The number of carbonyl (C=O) groups is 1. The van der Waals surface area contributed by atoms with Crippen molar-refractivity contribution in [2.24, 2.45) is 0 Å². The fourth-order valence-electron chi connectivity index (χ4n) is 1.95. The minimum Gasteiger partial charge on any atom is -0.395 e. The molecule has 0 saturated carbocycles. The number of pyridine rings is 1. The number of aliphatic hydroxyl groups is 1. The standard InChI is InChI=1S/C12H17N3O2.C2H6/c1-10-2-3-11(8-13-10)15-5-4-14(6-7-16)9-12(15)17;1-2/h2-3,8,16H,4-7,9H2,1H3;1-2H3. The molecule has 0 unspecified atom stereocenters. The Kier molecular flexibility index (Phi) is 6.45. The predicted molar refractivity (Wildman–Crippen MR) is 76.2 cm³/mol. The molecular weight excluding hydrogens is 242 g/mol. The summed E-state index contributed by atoms with van der Waals surface area (Å²) in [7, 11) is 0. The molecule has 5 nitrogen and oxygen atoms in total. The average Bonchev–Trinajstić information content (AvgIpc) is 2.43. The van der Waals surface area contributed by atoms with E-state index in [1.54, 1.807) is 11.1 Å². The van der Waals surface area contributed by atoms with Gasteiger partial charge < -0.3 is 10.0 Å². The zero-order valence-electron chi connectivity index (χ0n) is 12.0. The molecule has 2 heterocycles. The smallest absolute Gasteiger partial charge is 0.241 e. The van der Waals surface area contributed by atoms with Crippen LogP contribution in [-0.4, -0.2) is 53.7 Å². The van der Waals surface area contributed by atoms with Gasteiger partial charge in [0.05, 0.1) is 25.0 Å². The molecule has 1 aliphatic rings. The van der Waals surface area contributed by atoms with Crippen LogP contribution in [0.1, 0.15) is 19.5 Å². The topological polar surface area (TPSA) is 56.7 Å². The van der Waals surface area contributed by atoms with Gasteiger partial charge in [-0.2, -0.15) is 0 Å². The van der Waals surface area contributed by atoms with E-state index in [1.807, 2.05) is 37.8 Å². The van der Waals surface area contributed by atoms with Gasteiger partial charge in [-0.15, -0.1) is 0 Å². The summed E-state index contributed by atoms with van der Waals surface area (Å²) in [5.41, 5.74) is 1.80. The number of aromatic nitrogens is 1. The van der Waals surface area contributed by atoms with Crippen LogP contribution in [0, 0.1) is 6.92 Å². The number of carbonyl (C=O) groups excluding carboxylic acids is 1. The van der Waals surface area contributed by atoms with Crippen molar-refractivity contribution in [3.8, 4) is 0 Å². The van der Waals surface area contributed by atoms with Gasteiger partial charge in [-0.1, -0.05) is 13.8 Å². The molecule has 0 aliphatic carbocycles. The molecule has 1 amide bonds. The first-order valence-corrected chi connectivity index (χ1v) is 6.77. The highest BCUT2D eigenvalue weighted by atomic mass is 16.3. The highest BCUT2D eigenvalue weighted by Gasteiger charge is 2.24. The summed E-state index contributed by atoms with van der Waals surface area (Å²) in [6.45, 7) is 8.40. The molecule has 1 aromatic heterocycles. The Balaban J connectivity index is 0.000000861. The van der Waals surface area contributed by atoms with E-state index < -0.39 is 0 Å². The van der Waals surface area contributed by atoms with Gasteiger partial charge in [0.25, 0.3) is 0 Å². The van der Waals surface area contributed by atoms with E-state index in [0.717, 1.165) is 17.9 Å². The number of aliphatic hydroxyl groups excluding tert-OH is 1. The number of hydrogen-bond donors (Lipinski definition) is 1. The molecule has 1 aliphatic heterocycles. The lowest BCUT2D eigenvalue weighted by Gasteiger charge is -2.33. The molecule has 1 fully saturated rings. The van der Waals surface area contributed by atoms with Gasteiger partial charge in [-0.3, -0.25) is 14.7 Å².